The van der Waals surface area contributed by atoms with Crippen LogP contribution in [-0.2, 0) is 17.9 Å². The molecule has 0 radical (unpaired) electrons. The van der Waals surface area contributed by atoms with Gasteiger partial charge in [-0.05, 0) is 35.9 Å². The lowest BCUT2D eigenvalue weighted by molar-refractivity contribution is -0.122. The first-order chi connectivity index (χ1) is 13.3. The maximum absolute atomic E-state index is 13.7. The molecule has 0 aliphatic heterocycles. The normalized spacial score (nSPS) is 10.7. The van der Waals surface area contributed by atoms with E-state index < -0.39 is 23.4 Å². The van der Waals surface area contributed by atoms with Crippen molar-refractivity contribution < 1.29 is 18.4 Å². The van der Waals surface area contributed by atoms with Crippen molar-refractivity contribution >= 4 is 23.4 Å². The Kier molecular flexibility index (Phi) is 5.65. The Morgan fingerprint density at radius 2 is 1.96 bits per heavy atom. The molecule has 28 heavy (non-hydrogen) atoms. The number of nitrogens with one attached hydrogen (secondary N) is 1. The summed E-state index contributed by atoms with van der Waals surface area (Å²) >= 11 is 5.65. The van der Waals surface area contributed by atoms with Crippen LogP contribution in [0.3, 0.4) is 0 Å². The summed E-state index contributed by atoms with van der Waals surface area (Å²) in [6, 6.07) is 9.66. The van der Waals surface area contributed by atoms with Crippen molar-refractivity contribution in [2.75, 3.05) is 0 Å². The summed E-state index contributed by atoms with van der Waals surface area (Å²) in [4.78, 5) is 27.8. The minimum atomic E-state index is -0.897. The lowest BCUT2D eigenvalue weighted by atomic mass is 10.2. The van der Waals surface area contributed by atoms with E-state index in [0.29, 0.717) is 5.56 Å². The van der Waals surface area contributed by atoms with Crippen LogP contribution in [0.4, 0.5) is 8.78 Å². The number of carbonyl (C=O) groups excluding carboxylic acids is 2. The molecule has 2 amide bonds. The molecule has 0 atom stereocenters. The summed E-state index contributed by atoms with van der Waals surface area (Å²) in [5.41, 5.74) is 6.12. The summed E-state index contributed by atoms with van der Waals surface area (Å²) < 4.78 is 27.8. The molecule has 0 aliphatic carbocycles. The summed E-state index contributed by atoms with van der Waals surface area (Å²) in [6.45, 7) is -0.261. The number of carbonyl (C=O) groups is 2. The second-order valence-electron chi connectivity index (χ2n) is 5.82. The zero-order valence-electron chi connectivity index (χ0n) is 14.3. The molecule has 0 bridgehead atoms. The predicted octanol–water partition coefficient (Wildman–Crippen LogP) is 2.29. The van der Waals surface area contributed by atoms with E-state index in [1.807, 2.05) is 0 Å². The second kappa shape index (κ2) is 8.13. The van der Waals surface area contributed by atoms with Gasteiger partial charge >= 0.3 is 0 Å². The number of halogens is 3. The third kappa shape index (κ3) is 4.49. The summed E-state index contributed by atoms with van der Waals surface area (Å²) in [7, 11) is 0. The van der Waals surface area contributed by atoms with E-state index in [9.17, 15) is 18.4 Å². The molecule has 1 aromatic heterocycles. The maximum atomic E-state index is 13.7. The molecular formula is C18H14ClF2N5O2. The van der Waals surface area contributed by atoms with Gasteiger partial charge in [-0.3, -0.25) is 9.59 Å². The molecule has 0 unspecified atom stereocenters. The van der Waals surface area contributed by atoms with Crippen molar-refractivity contribution in [2.24, 2.45) is 5.73 Å². The van der Waals surface area contributed by atoms with Crippen molar-refractivity contribution in [1.29, 1.82) is 0 Å². The van der Waals surface area contributed by atoms with Crippen molar-refractivity contribution in [3.63, 3.8) is 0 Å². The Bertz CT molecular complexity index is 1050. The predicted molar refractivity (Wildman–Crippen MR) is 97.2 cm³/mol. The van der Waals surface area contributed by atoms with Gasteiger partial charge in [0.1, 0.15) is 18.2 Å². The minimum Gasteiger partial charge on any atom is -0.363 e. The molecule has 10 heteroatoms. The molecule has 0 fully saturated rings. The molecule has 2 aromatic carbocycles. The van der Waals surface area contributed by atoms with Crippen molar-refractivity contribution in [1.82, 2.24) is 20.1 Å². The summed E-state index contributed by atoms with van der Waals surface area (Å²) in [5, 5.41) is 6.56. The first-order valence-corrected chi connectivity index (χ1v) is 8.42. The quantitative estimate of drug-likeness (QED) is 0.656. The highest BCUT2D eigenvalue weighted by atomic mass is 35.5. The van der Waals surface area contributed by atoms with E-state index >= 15 is 0 Å². The average molecular weight is 406 g/mol. The Balaban J connectivity index is 1.77. The molecule has 1 heterocycles. The van der Waals surface area contributed by atoms with E-state index in [1.54, 1.807) is 6.07 Å². The maximum Gasteiger partial charge on any atom is 0.286 e. The van der Waals surface area contributed by atoms with Gasteiger partial charge in [-0.25, -0.2) is 18.4 Å². The SMILES string of the molecule is NC(=O)c1nc(-c2ccc(Cl)c(F)c2)nn1CC(=O)NCc1cccc(F)c1. The summed E-state index contributed by atoms with van der Waals surface area (Å²) in [6.07, 6.45) is 0. The van der Waals surface area contributed by atoms with E-state index in [0.717, 1.165) is 10.7 Å². The Morgan fingerprint density at radius 3 is 2.64 bits per heavy atom. The van der Waals surface area contributed by atoms with Gasteiger partial charge in [-0.2, -0.15) is 0 Å². The van der Waals surface area contributed by atoms with Gasteiger partial charge in [0.2, 0.25) is 11.7 Å². The van der Waals surface area contributed by atoms with Gasteiger partial charge in [0.15, 0.2) is 5.82 Å². The smallest absolute Gasteiger partial charge is 0.286 e. The molecule has 0 aliphatic rings. The minimum absolute atomic E-state index is 0.0160. The first-order valence-electron chi connectivity index (χ1n) is 8.04. The number of rotatable bonds is 6. The zero-order valence-corrected chi connectivity index (χ0v) is 15.1. The molecule has 144 valence electrons. The molecule has 7 nitrogen and oxygen atoms in total. The monoisotopic (exact) mass is 405 g/mol. The van der Waals surface area contributed by atoms with Crippen LogP contribution < -0.4 is 11.1 Å². The van der Waals surface area contributed by atoms with Gasteiger partial charge in [0, 0.05) is 12.1 Å². The van der Waals surface area contributed by atoms with Crippen LogP contribution in [0.25, 0.3) is 11.4 Å². The number of amides is 2. The number of hydrogen-bond acceptors (Lipinski definition) is 4. The van der Waals surface area contributed by atoms with E-state index in [-0.39, 0.29) is 35.3 Å². The Morgan fingerprint density at radius 1 is 1.18 bits per heavy atom. The average Bonchev–Trinajstić information content (AvgIpc) is 3.06. The van der Waals surface area contributed by atoms with Crippen LogP contribution >= 0.6 is 11.6 Å². The molecule has 0 saturated heterocycles. The zero-order chi connectivity index (χ0) is 20.3. The molecule has 3 aromatic rings. The number of hydrogen-bond donors (Lipinski definition) is 2. The third-order valence-electron chi connectivity index (χ3n) is 3.74. The summed E-state index contributed by atoms with van der Waals surface area (Å²) in [5.74, 6) is -2.73. The van der Waals surface area contributed by atoms with E-state index in [4.69, 9.17) is 17.3 Å². The Hall–Kier alpha value is -3.33. The topological polar surface area (TPSA) is 103 Å². The van der Waals surface area contributed by atoms with E-state index in [1.165, 1.54) is 30.3 Å². The highest BCUT2D eigenvalue weighted by Crippen LogP contribution is 2.22. The largest absolute Gasteiger partial charge is 0.363 e. The molecular weight excluding hydrogens is 392 g/mol. The van der Waals surface area contributed by atoms with Crippen LogP contribution in [0.2, 0.25) is 5.02 Å². The van der Waals surface area contributed by atoms with Gasteiger partial charge in [0.25, 0.3) is 5.91 Å². The standard InChI is InChI=1S/C18H14ClF2N5O2/c19-13-5-4-11(7-14(13)21)17-24-18(16(22)28)26(25-17)9-15(27)23-8-10-2-1-3-12(20)6-10/h1-7H,8-9H2,(H2,22,28)(H,23,27). The molecule has 3 N–H and O–H groups in total. The molecule has 0 saturated carbocycles. The fourth-order valence-electron chi connectivity index (χ4n) is 2.43. The van der Waals surface area contributed by atoms with Crippen molar-refractivity contribution in [3.05, 3.63) is 70.5 Å². The van der Waals surface area contributed by atoms with Gasteiger partial charge in [-0.15, -0.1) is 5.10 Å². The number of benzene rings is 2. The van der Waals surface area contributed by atoms with Gasteiger partial charge < -0.3 is 11.1 Å². The fraction of sp³-hybridized carbons (Fsp3) is 0.111. The van der Waals surface area contributed by atoms with Crippen molar-refractivity contribution in [3.8, 4) is 11.4 Å². The number of nitrogens with zero attached hydrogens (tertiary/aromatic N) is 3. The highest BCUT2D eigenvalue weighted by molar-refractivity contribution is 6.30. The first kappa shape index (κ1) is 19.4. The van der Waals surface area contributed by atoms with Crippen LogP contribution in [-0.4, -0.2) is 26.6 Å². The van der Waals surface area contributed by atoms with Crippen LogP contribution in [0.1, 0.15) is 16.2 Å². The van der Waals surface area contributed by atoms with E-state index in [2.05, 4.69) is 15.4 Å². The number of primary amides is 1. The third-order valence-corrected chi connectivity index (χ3v) is 4.05. The lowest BCUT2D eigenvalue weighted by Crippen LogP contribution is -2.30. The number of nitrogens with two attached hydrogens (primary N) is 1. The van der Waals surface area contributed by atoms with Crippen LogP contribution in [0.5, 0.6) is 0 Å². The number of aromatic nitrogens is 3. The van der Waals surface area contributed by atoms with Gasteiger partial charge in [-0.1, -0.05) is 23.7 Å². The Labute approximate surface area is 163 Å². The second-order valence-corrected chi connectivity index (χ2v) is 6.22. The molecule has 3 rings (SSSR count). The van der Waals surface area contributed by atoms with Crippen LogP contribution in [0, 0.1) is 11.6 Å². The highest BCUT2D eigenvalue weighted by Gasteiger charge is 2.18. The lowest BCUT2D eigenvalue weighted by Gasteiger charge is -2.06. The van der Waals surface area contributed by atoms with Crippen molar-refractivity contribution in [2.45, 2.75) is 13.1 Å². The van der Waals surface area contributed by atoms with Gasteiger partial charge in [0.05, 0.1) is 5.02 Å². The molecule has 0 spiro atoms. The van der Waals surface area contributed by atoms with Crippen LogP contribution in [0.15, 0.2) is 42.5 Å². The fourth-order valence-corrected chi connectivity index (χ4v) is 2.55.